The number of carbonyl (C=O) groups is 1. The van der Waals surface area contributed by atoms with E-state index in [1.165, 1.54) is 12.1 Å². The van der Waals surface area contributed by atoms with Crippen molar-refractivity contribution in [1.29, 1.82) is 0 Å². The van der Waals surface area contributed by atoms with Crippen LogP contribution in [0, 0.1) is 0 Å². The van der Waals surface area contributed by atoms with Crippen molar-refractivity contribution in [3.05, 3.63) is 57.6 Å². The van der Waals surface area contributed by atoms with E-state index in [0.29, 0.717) is 14.9 Å². The molecule has 128 valence electrons. The average molecular weight is 401 g/mol. The number of rotatable bonds is 2. The number of thioether (sulfide) groups is 1. The normalized spacial score (nSPS) is 16.4. The van der Waals surface area contributed by atoms with Gasteiger partial charge in [0.2, 0.25) is 0 Å². The molecule has 0 saturated carbocycles. The van der Waals surface area contributed by atoms with Crippen LogP contribution in [0.15, 0.2) is 41.3 Å². The minimum Gasteiger partial charge on any atom is -0.307 e. The second-order valence-electron chi connectivity index (χ2n) is 4.99. The fraction of sp³-hybridized carbons (Fsp3) is 0.0625. The number of alkyl halides is 3. The predicted molar refractivity (Wildman–Crippen MR) is 96.0 cm³/mol. The monoisotopic (exact) mass is 400 g/mol. The molecular weight excluding hydrogens is 393 g/mol. The summed E-state index contributed by atoms with van der Waals surface area (Å²) in [6.07, 6.45) is -2.96. The van der Waals surface area contributed by atoms with Gasteiger partial charge < -0.3 is 5.32 Å². The van der Waals surface area contributed by atoms with E-state index >= 15 is 0 Å². The quantitative estimate of drug-likeness (QED) is 0.574. The van der Waals surface area contributed by atoms with Crippen LogP contribution in [0.3, 0.4) is 0 Å². The second-order valence-corrected chi connectivity index (χ2v) is 7.12. The summed E-state index contributed by atoms with van der Waals surface area (Å²) >= 11 is 12.0. The van der Waals surface area contributed by atoms with Crippen LogP contribution >= 0.6 is 35.6 Å². The molecule has 0 aliphatic carbocycles. The topological polar surface area (TPSA) is 42.0 Å². The molecule has 0 atom stereocenters. The first-order chi connectivity index (χ1) is 11.7. The average Bonchev–Trinajstić information content (AvgIpc) is 2.84. The van der Waals surface area contributed by atoms with Gasteiger partial charge in [0.05, 0.1) is 21.9 Å². The molecule has 2 heterocycles. The van der Waals surface area contributed by atoms with Crippen LogP contribution in [0.4, 0.5) is 13.2 Å². The molecule has 1 aromatic heterocycles. The molecule has 0 bridgehead atoms. The Hall–Kier alpha value is -1.90. The first-order valence-electron chi connectivity index (χ1n) is 6.83. The molecule has 3 rings (SSSR count). The Balaban J connectivity index is 2.01. The number of nitrogens with one attached hydrogen (secondary N) is 1. The van der Waals surface area contributed by atoms with Gasteiger partial charge in [-0.3, -0.25) is 4.79 Å². The van der Waals surface area contributed by atoms with E-state index in [4.69, 9.17) is 23.8 Å². The van der Waals surface area contributed by atoms with Gasteiger partial charge in [-0.05, 0) is 36.4 Å². The fourth-order valence-corrected chi connectivity index (χ4v) is 3.38. The van der Waals surface area contributed by atoms with Gasteiger partial charge in [0.25, 0.3) is 5.91 Å². The molecular formula is C16H8ClF3N2OS2. The zero-order valence-corrected chi connectivity index (χ0v) is 14.6. The highest BCUT2D eigenvalue weighted by Gasteiger charge is 2.31. The Morgan fingerprint density at radius 1 is 1.24 bits per heavy atom. The van der Waals surface area contributed by atoms with Gasteiger partial charge >= 0.3 is 6.18 Å². The molecule has 3 nitrogen and oxygen atoms in total. The lowest BCUT2D eigenvalue weighted by Crippen LogP contribution is -2.17. The Morgan fingerprint density at radius 2 is 2.00 bits per heavy atom. The van der Waals surface area contributed by atoms with E-state index in [9.17, 15) is 18.0 Å². The van der Waals surface area contributed by atoms with Crippen LogP contribution in [-0.4, -0.2) is 15.2 Å². The van der Waals surface area contributed by atoms with Crippen LogP contribution in [0.2, 0.25) is 5.02 Å². The van der Waals surface area contributed by atoms with Gasteiger partial charge in [0.1, 0.15) is 4.32 Å². The maximum atomic E-state index is 12.9. The number of halogens is 4. The number of thiocarbonyl (C=S) groups is 1. The van der Waals surface area contributed by atoms with Crippen LogP contribution in [0.1, 0.15) is 11.3 Å². The highest BCUT2D eigenvalue weighted by atomic mass is 35.5. The number of nitrogens with zero attached hydrogens (tertiary/aromatic N) is 1. The van der Waals surface area contributed by atoms with Gasteiger partial charge in [-0.25, -0.2) is 4.98 Å². The Bertz CT molecular complexity index is 912. The summed E-state index contributed by atoms with van der Waals surface area (Å²) < 4.78 is 39.1. The minimum atomic E-state index is -4.48. The molecule has 1 N–H and O–H groups in total. The van der Waals surface area contributed by atoms with Crippen molar-refractivity contribution in [3.8, 4) is 11.3 Å². The van der Waals surface area contributed by atoms with Crippen LogP contribution in [0.25, 0.3) is 17.3 Å². The molecule has 0 spiro atoms. The molecule has 25 heavy (non-hydrogen) atoms. The Kier molecular flexibility index (Phi) is 4.86. The maximum absolute atomic E-state index is 12.9. The Morgan fingerprint density at radius 3 is 2.64 bits per heavy atom. The number of pyridine rings is 1. The summed E-state index contributed by atoms with van der Waals surface area (Å²) in [5.41, 5.74) is 0.0362. The van der Waals surface area contributed by atoms with E-state index in [1.807, 2.05) is 0 Å². The van der Waals surface area contributed by atoms with Gasteiger partial charge in [0.15, 0.2) is 0 Å². The highest BCUT2D eigenvalue weighted by Crippen LogP contribution is 2.35. The molecule has 1 aliphatic rings. The first kappa shape index (κ1) is 17.9. The van der Waals surface area contributed by atoms with E-state index in [0.717, 1.165) is 23.9 Å². The van der Waals surface area contributed by atoms with E-state index in [1.54, 1.807) is 18.2 Å². The predicted octanol–water partition coefficient (Wildman–Crippen LogP) is 4.91. The molecule has 9 heteroatoms. The number of benzene rings is 1. The largest absolute Gasteiger partial charge is 0.416 e. The standard InChI is InChI=1S/C16H8ClF3N2OS2/c17-11-5-4-8(16(18,19)20)6-10(11)12-3-1-2-9(21-12)7-13-14(23)22-15(24)25-13/h1-7H,(H,22,23,24). The van der Waals surface area contributed by atoms with E-state index in [-0.39, 0.29) is 22.2 Å². The zero-order chi connectivity index (χ0) is 18.2. The van der Waals surface area contributed by atoms with Crippen molar-refractivity contribution < 1.29 is 18.0 Å². The lowest BCUT2D eigenvalue weighted by atomic mass is 10.1. The third-order valence-electron chi connectivity index (χ3n) is 3.26. The van der Waals surface area contributed by atoms with Crippen molar-refractivity contribution in [2.75, 3.05) is 0 Å². The van der Waals surface area contributed by atoms with Gasteiger partial charge in [-0.15, -0.1) is 0 Å². The van der Waals surface area contributed by atoms with Crippen molar-refractivity contribution in [3.63, 3.8) is 0 Å². The zero-order valence-electron chi connectivity index (χ0n) is 12.2. The molecule has 0 unspecified atom stereocenters. The fourth-order valence-electron chi connectivity index (χ4n) is 2.14. The van der Waals surface area contributed by atoms with Crippen molar-refractivity contribution in [2.24, 2.45) is 0 Å². The Labute approximate surface area is 155 Å². The van der Waals surface area contributed by atoms with Gasteiger partial charge in [-0.2, -0.15) is 13.2 Å². The summed E-state index contributed by atoms with van der Waals surface area (Å²) in [7, 11) is 0. The van der Waals surface area contributed by atoms with Crippen LogP contribution < -0.4 is 5.32 Å². The number of aromatic nitrogens is 1. The summed E-state index contributed by atoms with van der Waals surface area (Å²) in [4.78, 5) is 16.3. The molecule has 1 aliphatic heterocycles. The van der Waals surface area contributed by atoms with E-state index < -0.39 is 11.7 Å². The van der Waals surface area contributed by atoms with Crippen LogP contribution in [-0.2, 0) is 11.0 Å². The molecule has 0 radical (unpaired) electrons. The molecule has 2 aromatic rings. The first-order valence-corrected chi connectivity index (χ1v) is 8.43. The summed E-state index contributed by atoms with van der Waals surface area (Å²) in [5, 5.41) is 2.63. The number of hydrogen-bond donors (Lipinski definition) is 1. The molecule has 1 fully saturated rings. The lowest BCUT2D eigenvalue weighted by molar-refractivity contribution is -0.137. The second kappa shape index (κ2) is 6.78. The number of carbonyl (C=O) groups excluding carboxylic acids is 1. The highest BCUT2D eigenvalue weighted by molar-refractivity contribution is 8.26. The molecule has 1 aromatic carbocycles. The summed E-state index contributed by atoms with van der Waals surface area (Å²) in [5.74, 6) is -0.334. The third kappa shape index (κ3) is 4.02. The SMILES string of the molecule is O=C1NC(=S)SC1=Cc1cccc(-c2cc(C(F)(F)F)ccc2Cl)n1. The lowest BCUT2D eigenvalue weighted by Gasteiger charge is -2.10. The van der Waals surface area contributed by atoms with E-state index in [2.05, 4.69) is 10.3 Å². The molecule has 1 amide bonds. The summed E-state index contributed by atoms with van der Waals surface area (Å²) in [6.45, 7) is 0. The van der Waals surface area contributed by atoms with Gasteiger partial charge in [0, 0.05) is 10.6 Å². The summed E-state index contributed by atoms with van der Waals surface area (Å²) in [6, 6.07) is 7.86. The maximum Gasteiger partial charge on any atom is 0.416 e. The van der Waals surface area contributed by atoms with Crippen molar-refractivity contribution >= 4 is 51.9 Å². The smallest absolute Gasteiger partial charge is 0.307 e. The third-order valence-corrected chi connectivity index (χ3v) is 4.75. The van der Waals surface area contributed by atoms with Crippen LogP contribution in [0.5, 0.6) is 0 Å². The van der Waals surface area contributed by atoms with Gasteiger partial charge in [-0.1, -0.05) is 41.6 Å². The minimum absolute atomic E-state index is 0.152. The van der Waals surface area contributed by atoms with Crippen molar-refractivity contribution in [2.45, 2.75) is 6.18 Å². The van der Waals surface area contributed by atoms with Crippen molar-refractivity contribution in [1.82, 2.24) is 10.3 Å². The number of amides is 1. The number of hydrogen-bond acceptors (Lipinski definition) is 4. The molecule has 1 saturated heterocycles.